The molecule has 1 aromatic carbocycles. The molecule has 118 valence electrons. The van der Waals surface area contributed by atoms with Crippen LogP contribution in [-0.4, -0.2) is 49.7 Å². The molecule has 0 aliphatic heterocycles. The van der Waals surface area contributed by atoms with Gasteiger partial charge in [-0.25, -0.2) is 14.7 Å². The lowest BCUT2D eigenvalue weighted by Crippen LogP contribution is -2.28. The highest BCUT2D eigenvalue weighted by Crippen LogP contribution is 2.26. The van der Waals surface area contributed by atoms with Crippen LogP contribution in [0.2, 0.25) is 0 Å². The maximum atomic E-state index is 11.7. The molecule has 1 unspecified atom stereocenters. The standard InChI is InChI=1S/C13H12N6O4/c14-11(21)9(5-10(13(22)23)15-6-20)7-2-1-3-8(4-7)12-16-18-19-17-12/h1-4,9-10H,5H2,(H2,14,21)(H,22,23)(H,16,17,18,19)/t9?,10-/m0/s1. The van der Waals surface area contributed by atoms with Gasteiger partial charge >= 0.3 is 5.97 Å². The van der Waals surface area contributed by atoms with E-state index in [0.29, 0.717) is 17.0 Å². The predicted molar refractivity (Wildman–Crippen MR) is 75.7 cm³/mol. The highest BCUT2D eigenvalue weighted by atomic mass is 16.4. The molecule has 0 radical (unpaired) electrons. The van der Waals surface area contributed by atoms with Crippen LogP contribution >= 0.6 is 0 Å². The maximum Gasteiger partial charge on any atom is 0.329 e. The Hall–Kier alpha value is -3.39. The van der Waals surface area contributed by atoms with Gasteiger partial charge in [0.25, 0.3) is 0 Å². The van der Waals surface area contributed by atoms with Crippen LogP contribution in [0.5, 0.6) is 0 Å². The third-order valence-electron chi connectivity index (χ3n) is 3.20. The van der Waals surface area contributed by atoms with Crippen LogP contribution in [0, 0.1) is 0 Å². The van der Waals surface area contributed by atoms with E-state index in [1.165, 1.54) is 6.08 Å². The molecular weight excluding hydrogens is 304 g/mol. The molecule has 1 amide bonds. The number of tetrazole rings is 1. The number of carbonyl (C=O) groups excluding carboxylic acids is 2. The zero-order chi connectivity index (χ0) is 16.8. The van der Waals surface area contributed by atoms with Crippen molar-refractivity contribution in [3.63, 3.8) is 0 Å². The van der Waals surface area contributed by atoms with Crippen LogP contribution in [-0.2, 0) is 14.4 Å². The number of primary amides is 1. The number of carboxylic acids is 1. The van der Waals surface area contributed by atoms with Gasteiger partial charge in [-0.3, -0.25) is 4.79 Å². The van der Waals surface area contributed by atoms with Crippen LogP contribution in [0.1, 0.15) is 17.9 Å². The van der Waals surface area contributed by atoms with Crippen LogP contribution < -0.4 is 5.73 Å². The Labute approximate surface area is 129 Å². The molecular formula is C13H12N6O4. The molecule has 0 saturated carbocycles. The van der Waals surface area contributed by atoms with Gasteiger partial charge in [0.2, 0.25) is 12.0 Å². The smallest absolute Gasteiger partial charge is 0.329 e. The third kappa shape index (κ3) is 3.83. The molecule has 0 spiro atoms. The summed E-state index contributed by atoms with van der Waals surface area (Å²) in [6.45, 7) is 0. The van der Waals surface area contributed by atoms with Gasteiger partial charge in [-0.2, -0.15) is 4.99 Å². The number of nitrogens with two attached hydrogens (primary N) is 1. The van der Waals surface area contributed by atoms with E-state index in [9.17, 15) is 14.4 Å². The first-order chi connectivity index (χ1) is 11.0. The van der Waals surface area contributed by atoms with Crippen molar-refractivity contribution in [1.29, 1.82) is 0 Å². The lowest BCUT2D eigenvalue weighted by Gasteiger charge is -2.16. The Bertz CT molecular complexity index is 752. The number of carbonyl (C=O) groups is 2. The molecule has 10 heteroatoms. The summed E-state index contributed by atoms with van der Waals surface area (Å²) in [7, 11) is 0. The van der Waals surface area contributed by atoms with Crippen molar-refractivity contribution in [1.82, 2.24) is 20.6 Å². The normalized spacial score (nSPS) is 12.9. The number of isocyanates is 1. The monoisotopic (exact) mass is 316 g/mol. The Morgan fingerprint density at radius 3 is 2.78 bits per heavy atom. The minimum absolute atomic E-state index is 0.252. The summed E-state index contributed by atoms with van der Waals surface area (Å²) in [6.07, 6.45) is 0.937. The maximum absolute atomic E-state index is 11.7. The SMILES string of the molecule is NC(=O)C(C[C@H](N=C=O)C(=O)O)c1cccc(-c2nnn[nH]2)c1. The zero-order valence-electron chi connectivity index (χ0n) is 11.7. The number of H-pyrrole nitrogens is 1. The summed E-state index contributed by atoms with van der Waals surface area (Å²) in [5.74, 6) is -2.62. The first-order valence-electron chi connectivity index (χ1n) is 6.46. The molecule has 0 bridgehead atoms. The quantitative estimate of drug-likeness (QED) is 0.462. The molecule has 0 saturated heterocycles. The van der Waals surface area contributed by atoms with E-state index in [1.807, 2.05) is 0 Å². The molecule has 23 heavy (non-hydrogen) atoms. The van der Waals surface area contributed by atoms with E-state index in [-0.39, 0.29) is 6.42 Å². The summed E-state index contributed by atoms with van der Waals surface area (Å²) >= 11 is 0. The van der Waals surface area contributed by atoms with E-state index < -0.39 is 23.8 Å². The lowest BCUT2D eigenvalue weighted by molar-refractivity contribution is -0.138. The summed E-state index contributed by atoms with van der Waals surface area (Å²) < 4.78 is 0. The highest BCUT2D eigenvalue weighted by Gasteiger charge is 2.27. The Morgan fingerprint density at radius 1 is 1.43 bits per heavy atom. The Kier molecular flexibility index (Phi) is 4.90. The first-order valence-corrected chi connectivity index (χ1v) is 6.46. The van der Waals surface area contributed by atoms with E-state index in [0.717, 1.165) is 0 Å². The second kappa shape index (κ2) is 7.05. The number of nitrogens with one attached hydrogen (secondary N) is 1. The fraction of sp³-hybridized carbons (Fsp3) is 0.231. The van der Waals surface area contributed by atoms with Gasteiger partial charge in [0.1, 0.15) is 0 Å². The fourth-order valence-electron chi connectivity index (χ4n) is 2.10. The molecule has 2 atom stereocenters. The van der Waals surface area contributed by atoms with Crippen molar-refractivity contribution in [2.45, 2.75) is 18.4 Å². The van der Waals surface area contributed by atoms with Crippen LogP contribution in [0.4, 0.5) is 0 Å². The average molecular weight is 316 g/mol. The van der Waals surface area contributed by atoms with Gasteiger partial charge in [-0.1, -0.05) is 18.2 Å². The number of aromatic nitrogens is 4. The number of benzene rings is 1. The molecule has 2 rings (SSSR count). The Morgan fingerprint density at radius 2 is 2.22 bits per heavy atom. The summed E-state index contributed by atoms with van der Waals surface area (Å²) in [5, 5.41) is 22.3. The highest BCUT2D eigenvalue weighted by molar-refractivity contribution is 5.84. The molecule has 4 N–H and O–H groups in total. The number of aliphatic imine (C=N–C) groups is 1. The topological polar surface area (TPSA) is 164 Å². The molecule has 1 aromatic heterocycles. The molecule has 0 aliphatic carbocycles. The molecule has 10 nitrogen and oxygen atoms in total. The van der Waals surface area contributed by atoms with Crippen molar-refractivity contribution >= 4 is 18.0 Å². The zero-order valence-corrected chi connectivity index (χ0v) is 11.7. The van der Waals surface area contributed by atoms with Crippen LogP contribution in [0.15, 0.2) is 29.3 Å². The molecule has 2 aromatic rings. The van der Waals surface area contributed by atoms with Crippen LogP contribution in [0.3, 0.4) is 0 Å². The largest absolute Gasteiger partial charge is 0.480 e. The predicted octanol–water partition coefficient (Wildman–Crippen LogP) is -0.385. The number of amides is 1. The molecule has 0 fully saturated rings. The number of aliphatic carboxylic acids is 1. The van der Waals surface area contributed by atoms with E-state index in [2.05, 4.69) is 25.6 Å². The van der Waals surface area contributed by atoms with Gasteiger partial charge < -0.3 is 10.8 Å². The fourth-order valence-corrected chi connectivity index (χ4v) is 2.10. The van der Waals surface area contributed by atoms with Gasteiger partial charge in [0, 0.05) is 5.56 Å². The second-order valence-corrected chi connectivity index (χ2v) is 4.64. The second-order valence-electron chi connectivity index (χ2n) is 4.64. The molecule has 0 aliphatic rings. The van der Waals surface area contributed by atoms with E-state index in [1.54, 1.807) is 24.3 Å². The van der Waals surface area contributed by atoms with Crippen molar-refractivity contribution in [3.8, 4) is 11.4 Å². The molecule has 1 heterocycles. The Balaban J connectivity index is 2.34. The van der Waals surface area contributed by atoms with Gasteiger partial charge in [-0.05, 0) is 28.5 Å². The lowest BCUT2D eigenvalue weighted by atomic mass is 9.90. The number of nitrogens with zero attached hydrogens (tertiary/aromatic N) is 4. The summed E-state index contributed by atoms with van der Waals surface area (Å²) in [4.78, 5) is 36.3. The summed E-state index contributed by atoms with van der Waals surface area (Å²) in [5.41, 5.74) is 6.43. The number of carboxylic acid groups (broad SMARTS) is 1. The van der Waals surface area contributed by atoms with Crippen molar-refractivity contribution in [2.24, 2.45) is 10.7 Å². The van der Waals surface area contributed by atoms with E-state index >= 15 is 0 Å². The van der Waals surface area contributed by atoms with Crippen molar-refractivity contribution in [3.05, 3.63) is 29.8 Å². The minimum Gasteiger partial charge on any atom is -0.480 e. The minimum atomic E-state index is -1.40. The third-order valence-corrected chi connectivity index (χ3v) is 3.20. The average Bonchev–Trinajstić information content (AvgIpc) is 3.05. The van der Waals surface area contributed by atoms with Gasteiger partial charge in [0.15, 0.2) is 11.9 Å². The van der Waals surface area contributed by atoms with Crippen molar-refractivity contribution < 1.29 is 19.5 Å². The number of rotatable bonds is 7. The van der Waals surface area contributed by atoms with Gasteiger partial charge in [0.05, 0.1) is 5.92 Å². The van der Waals surface area contributed by atoms with Crippen molar-refractivity contribution in [2.75, 3.05) is 0 Å². The van der Waals surface area contributed by atoms with Gasteiger partial charge in [-0.15, -0.1) is 5.10 Å². The number of hydrogen-bond acceptors (Lipinski definition) is 7. The first kappa shape index (κ1) is 16.0. The van der Waals surface area contributed by atoms with E-state index in [4.69, 9.17) is 10.8 Å². The van der Waals surface area contributed by atoms with Crippen LogP contribution in [0.25, 0.3) is 11.4 Å². The number of aromatic amines is 1. The summed E-state index contributed by atoms with van der Waals surface area (Å²) in [6, 6.07) is 5.19. The number of hydrogen-bond donors (Lipinski definition) is 3.